The molecule has 29 heavy (non-hydrogen) atoms. The number of thiazole rings is 1. The number of carboxylic acids is 1. The van der Waals surface area contributed by atoms with Crippen molar-refractivity contribution < 1.29 is 29.3 Å². The third kappa shape index (κ3) is 5.42. The van der Waals surface area contributed by atoms with Gasteiger partial charge in [0.2, 0.25) is 0 Å². The van der Waals surface area contributed by atoms with E-state index in [1.165, 1.54) is 19.2 Å². The summed E-state index contributed by atoms with van der Waals surface area (Å²) in [5.74, 6) is -3.12. The number of aliphatic hydroxyl groups excluding tert-OH is 1. The molecule has 2 heterocycles. The second-order valence-corrected chi connectivity index (χ2v) is 6.44. The molecule has 0 aliphatic heterocycles. The van der Waals surface area contributed by atoms with Gasteiger partial charge in [0.1, 0.15) is 21.9 Å². The number of carboxylic acid groups (broad SMARTS) is 1. The number of aryl methyl sites for hydroxylation is 1. The van der Waals surface area contributed by atoms with Gasteiger partial charge in [-0.15, -0.1) is 10.2 Å². The maximum Gasteiger partial charge on any atom is 0.350 e. The van der Waals surface area contributed by atoms with Gasteiger partial charge in [-0.3, -0.25) is 15.1 Å². The number of allylic oxidation sites excluding steroid dienone is 1. The number of nitrogens with zero attached hydrogens (tertiary/aromatic N) is 4. The van der Waals surface area contributed by atoms with Crippen LogP contribution in [0, 0.1) is 6.92 Å². The lowest BCUT2D eigenvalue weighted by atomic mass is 10.2. The lowest BCUT2D eigenvalue weighted by molar-refractivity contribution is -0.113. The van der Waals surface area contributed by atoms with Crippen LogP contribution in [0.1, 0.15) is 39.6 Å². The molecule has 2 rings (SSSR count). The maximum atomic E-state index is 12.4. The Bertz CT molecular complexity index is 1010. The van der Waals surface area contributed by atoms with Crippen LogP contribution in [0.15, 0.2) is 40.1 Å². The van der Waals surface area contributed by atoms with Gasteiger partial charge in [0.25, 0.3) is 5.91 Å². The van der Waals surface area contributed by atoms with E-state index in [0.717, 1.165) is 17.5 Å². The molecule has 0 unspecified atom stereocenters. The average molecular weight is 419 g/mol. The molecule has 2 aromatic rings. The number of carbonyl (C=O) groups is 3. The first-order chi connectivity index (χ1) is 13.7. The Morgan fingerprint density at radius 1 is 1.31 bits per heavy atom. The molecular weight excluding hydrogens is 402 g/mol. The lowest BCUT2D eigenvalue weighted by Gasteiger charge is -2.03. The predicted molar refractivity (Wildman–Crippen MR) is 102 cm³/mol. The van der Waals surface area contributed by atoms with Crippen LogP contribution in [0.2, 0.25) is 0 Å². The molecule has 0 radical (unpaired) electrons. The fourth-order valence-corrected chi connectivity index (χ4v) is 2.87. The van der Waals surface area contributed by atoms with Gasteiger partial charge in [-0.25, -0.2) is 14.6 Å². The highest BCUT2D eigenvalue weighted by Gasteiger charge is 2.20. The monoisotopic (exact) mass is 419 g/mol. The molecule has 0 aromatic carbocycles. The van der Waals surface area contributed by atoms with Crippen LogP contribution in [-0.2, 0) is 9.53 Å². The first-order valence-electron chi connectivity index (χ1n) is 8.19. The van der Waals surface area contributed by atoms with E-state index in [4.69, 9.17) is 9.84 Å². The smallest absolute Gasteiger partial charge is 0.350 e. The van der Waals surface area contributed by atoms with Crippen molar-refractivity contribution in [2.45, 2.75) is 20.8 Å². The molecule has 0 bridgehead atoms. The zero-order chi connectivity index (χ0) is 21.6. The number of aliphatic hydroxyl groups is 1. The number of hydrogen-bond donors (Lipinski definition) is 3. The van der Waals surface area contributed by atoms with Crippen LogP contribution in [-0.4, -0.2) is 44.6 Å². The molecule has 11 nitrogen and oxygen atoms in total. The summed E-state index contributed by atoms with van der Waals surface area (Å²) in [4.78, 5) is 43.5. The molecule has 1 amide bonds. The number of aromatic carboxylic acids is 1. The molecule has 0 fully saturated rings. The molecule has 152 valence electrons. The predicted octanol–water partition coefficient (Wildman–Crippen LogP) is 3.23. The largest absolute Gasteiger partial charge is 0.510 e. The number of amides is 1. The number of pyridine rings is 1. The molecule has 0 aliphatic rings. The number of azo groups is 1. The summed E-state index contributed by atoms with van der Waals surface area (Å²) >= 11 is 0.906. The Morgan fingerprint density at radius 2 is 2.03 bits per heavy atom. The Labute approximate surface area is 168 Å². The molecule has 12 heteroatoms. The van der Waals surface area contributed by atoms with E-state index in [2.05, 4.69) is 25.5 Å². The van der Waals surface area contributed by atoms with E-state index >= 15 is 0 Å². The standard InChI is InChI=1S/C17H17N5O6S/c1-4-28-16(27)13-8(2)19-17(29-13)20-14(24)12(9(3)23)22-21-11-5-6-18-7-10(11)15(25)26/h5-7,23H,4H2,1-3H3,(H,25,26)(H,19,20,24)/b12-9+,22-21?. The Hall–Kier alpha value is -3.67. The highest BCUT2D eigenvalue weighted by molar-refractivity contribution is 7.17. The first kappa shape index (κ1) is 21.6. The normalized spacial score (nSPS) is 11.8. The lowest BCUT2D eigenvalue weighted by Crippen LogP contribution is -2.14. The van der Waals surface area contributed by atoms with Crippen molar-refractivity contribution in [3.8, 4) is 0 Å². The minimum Gasteiger partial charge on any atom is -0.510 e. The minimum absolute atomic E-state index is 0.0475. The van der Waals surface area contributed by atoms with Crippen LogP contribution in [0.5, 0.6) is 0 Å². The summed E-state index contributed by atoms with van der Waals surface area (Å²) in [7, 11) is 0. The zero-order valence-electron chi connectivity index (χ0n) is 15.7. The van der Waals surface area contributed by atoms with E-state index in [0.29, 0.717) is 5.69 Å². The number of ether oxygens (including phenoxy) is 1. The van der Waals surface area contributed by atoms with E-state index < -0.39 is 29.3 Å². The van der Waals surface area contributed by atoms with Gasteiger partial charge in [0.05, 0.1) is 12.3 Å². The fourth-order valence-electron chi connectivity index (χ4n) is 2.02. The highest BCUT2D eigenvalue weighted by Crippen LogP contribution is 2.25. The zero-order valence-corrected chi connectivity index (χ0v) is 16.5. The van der Waals surface area contributed by atoms with E-state index in [1.54, 1.807) is 13.8 Å². The average Bonchev–Trinajstić information content (AvgIpc) is 3.02. The summed E-state index contributed by atoms with van der Waals surface area (Å²) in [5.41, 5.74) is -0.349. The van der Waals surface area contributed by atoms with Crippen LogP contribution in [0.25, 0.3) is 0 Å². The van der Waals surface area contributed by atoms with Gasteiger partial charge in [-0.1, -0.05) is 11.3 Å². The number of carbonyl (C=O) groups excluding carboxylic acids is 2. The number of aromatic nitrogens is 2. The third-order valence-corrected chi connectivity index (χ3v) is 4.37. The molecule has 0 saturated carbocycles. The van der Waals surface area contributed by atoms with Crippen LogP contribution in [0.3, 0.4) is 0 Å². The van der Waals surface area contributed by atoms with Crippen LogP contribution < -0.4 is 5.32 Å². The SMILES string of the molecule is CCOC(=O)c1sc(NC(=O)/C(N=Nc2ccncc2C(=O)O)=C(/C)O)nc1C. The maximum absolute atomic E-state index is 12.4. The van der Waals surface area contributed by atoms with Gasteiger partial charge in [0.15, 0.2) is 10.8 Å². The minimum atomic E-state index is -1.27. The van der Waals surface area contributed by atoms with Crippen molar-refractivity contribution in [2.24, 2.45) is 10.2 Å². The first-order valence-corrected chi connectivity index (χ1v) is 9.01. The van der Waals surface area contributed by atoms with Gasteiger partial charge in [-0.05, 0) is 26.8 Å². The van der Waals surface area contributed by atoms with Crippen molar-refractivity contribution >= 4 is 40.0 Å². The van der Waals surface area contributed by atoms with Crippen LogP contribution >= 0.6 is 11.3 Å². The van der Waals surface area contributed by atoms with Gasteiger partial charge in [-0.2, -0.15) is 0 Å². The second-order valence-electron chi connectivity index (χ2n) is 5.44. The second kappa shape index (κ2) is 9.50. The van der Waals surface area contributed by atoms with Crippen LogP contribution in [0.4, 0.5) is 10.8 Å². The van der Waals surface area contributed by atoms with Crippen molar-refractivity contribution in [1.82, 2.24) is 9.97 Å². The Balaban J connectivity index is 2.24. The van der Waals surface area contributed by atoms with Crippen molar-refractivity contribution in [2.75, 3.05) is 11.9 Å². The Kier molecular flexibility index (Phi) is 7.09. The molecule has 0 aliphatic carbocycles. The molecule has 0 spiro atoms. The summed E-state index contributed by atoms with van der Waals surface area (Å²) in [6.45, 7) is 4.67. The van der Waals surface area contributed by atoms with E-state index in [9.17, 15) is 19.5 Å². The van der Waals surface area contributed by atoms with Gasteiger partial charge < -0.3 is 14.9 Å². The number of esters is 1. The van der Waals surface area contributed by atoms with E-state index in [-0.39, 0.29) is 27.9 Å². The number of rotatable bonds is 7. The number of hydrogen-bond acceptors (Lipinski definition) is 10. The van der Waals surface area contributed by atoms with Crippen molar-refractivity contribution in [3.63, 3.8) is 0 Å². The highest BCUT2D eigenvalue weighted by atomic mass is 32.1. The molecule has 0 atom stereocenters. The summed E-state index contributed by atoms with van der Waals surface area (Å²) < 4.78 is 4.91. The quantitative estimate of drug-likeness (QED) is 0.266. The summed E-state index contributed by atoms with van der Waals surface area (Å²) in [6.07, 6.45) is 2.40. The van der Waals surface area contributed by atoms with Gasteiger partial charge >= 0.3 is 11.9 Å². The topological polar surface area (TPSA) is 163 Å². The molecular formula is C17H17N5O6S. The number of anilines is 1. The van der Waals surface area contributed by atoms with Crippen molar-refractivity contribution in [3.05, 3.63) is 46.1 Å². The van der Waals surface area contributed by atoms with Gasteiger partial charge in [0, 0.05) is 12.4 Å². The third-order valence-electron chi connectivity index (χ3n) is 3.32. The van der Waals surface area contributed by atoms with E-state index in [1.807, 2.05) is 0 Å². The fraction of sp³-hybridized carbons (Fsp3) is 0.235. The molecule has 2 aromatic heterocycles. The van der Waals surface area contributed by atoms with Crippen molar-refractivity contribution in [1.29, 1.82) is 0 Å². The summed E-state index contributed by atoms with van der Waals surface area (Å²) in [5, 5.41) is 28.8. The molecule has 0 saturated heterocycles. The summed E-state index contributed by atoms with van der Waals surface area (Å²) in [6, 6.07) is 1.30. The molecule has 3 N–H and O–H groups in total. The number of nitrogens with one attached hydrogen (secondary N) is 1. The Morgan fingerprint density at radius 3 is 2.66 bits per heavy atom.